The first-order valence-corrected chi connectivity index (χ1v) is 6.01. The highest BCUT2D eigenvalue weighted by Crippen LogP contribution is 2.34. The van der Waals surface area contributed by atoms with Gasteiger partial charge in [-0.1, -0.05) is 11.6 Å². The van der Waals surface area contributed by atoms with E-state index in [1.54, 1.807) is 13.0 Å². The van der Waals surface area contributed by atoms with E-state index in [9.17, 15) is 13.2 Å². The van der Waals surface area contributed by atoms with Gasteiger partial charge < -0.3 is 0 Å². The Bertz CT molecular complexity index is 806. The molecule has 0 aliphatic rings. The lowest BCUT2D eigenvalue weighted by Crippen LogP contribution is -2.02. The number of halogens is 4. The number of benzene rings is 1. The predicted molar refractivity (Wildman–Crippen MR) is 68.0 cm³/mol. The monoisotopic (exact) mass is 297 g/mol. The number of hydrogen-bond acceptors (Lipinski definition) is 2. The van der Waals surface area contributed by atoms with Crippen LogP contribution in [0.4, 0.5) is 13.2 Å². The molecule has 0 aliphatic carbocycles. The van der Waals surface area contributed by atoms with Gasteiger partial charge in [-0.05, 0) is 6.92 Å². The highest BCUT2D eigenvalue weighted by atomic mass is 35.5. The fourth-order valence-corrected chi connectivity index (χ4v) is 2.44. The second kappa shape index (κ2) is 4.49. The van der Waals surface area contributed by atoms with E-state index < -0.39 is 23.0 Å². The van der Waals surface area contributed by atoms with Gasteiger partial charge in [-0.3, -0.25) is 0 Å². The zero-order valence-electron chi connectivity index (χ0n) is 10.2. The van der Waals surface area contributed by atoms with Crippen LogP contribution in [0.5, 0.6) is 0 Å². The molecular weight excluding hydrogens is 291 g/mol. The van der Waals surface area contributed by atoms with Gasteiger partial charge >= 0.3 is 0 Å². The van der Waals surface area contributed by atoms with Gasteiger partial charge in [0.15, 0.2) is 5.65 Å². The summed E-state index contributed by atoms with van der Waals surface area (Å²) in [6.45, 7) is 1.57. The van der Waals surface area contributed by atoms with Gasteiger partial charge in [0.2, 0.25) is 0 Å². The molecule has 2 aromatic heterocycles. The summed E-state index contributed by atoms with van der Waals surface area (Å²) in [6, 6.07) is 2.81. The lowest BCUT2D eigenvalue weighted by Gasteiger charge is -2.11. The molecule has 0 fully saturated rings. The summed E-state index contributed by atoms with van der Waals surface area (Å²) in [6.07, 6.45) is 1.47. The number of hydrogen-bond donors (Lipinski definition) is 0. The second-order valence-electron chi connectivity index (χ2n) is 4.21. The number of aromatic nitrogens is 3. The van der Waals surface area contributed by atoms with Gasteiger partial charge in [0.25, 0.3) is 0 Å². The highest BCUT2D eigenvalue weighted by Gasteiger charge is 2.21. The van der Waals surface area contributed by atoms with Crippen LogP contribution >= 0.6 is 11.6 Å². The Labute approximate surface area is 116 Å². The third-order valence-electron chi connectivity index (χ3n) is 2.92. The van der Waals surface area contributed by atoms with Crippen molar-refractivity contribution >= 4 is 17.2 Å². The average molecular weight is 298 g/mol. The minimum absolute atomic E-state index is 0.0157. The van der Waals surface area contributed by atoms with E-state index in [1.165, 1.54) is 10.7 Å². The van der Waals surface area contributed by atoms with E-state index in [0.717, 1.165) is 0 Å². The number of fused-ring (bicyclic) bond motifs is 1. The van der Waals surface area contributed by atoms with E-state index >= 15 is 0 Å². The molecule has 3 aromatic rings. The van der Waals surface area contributed by atoms with E-state index in [-0.39, 0.29) is 10.7 Å². The zero-order valence-corrected chi connectivity index (χ0v) is 10.9. The number of rotatable bonds is 1. The molecule has 0 unspecified atom stereocenters. The third kappa shape index (κ3) is 1.84. The summed E-state index contributed by atoms with van der Waals surface area (Å²) >= 11 is 6.14. The molecule has 0 saturated carbocycles. The summed E-state index contributed by atoms with van der Waals surface area (Å²) in [4.78, 5) is 4.17. The topological polar surface area (TPSA) is 30.2 Å². The van der Waals surface area contributed by atoms with E-state index in [0.29, 0.717) is 23.5 Å². The maximum absolute atomic E-state index is 13.9. The van der Waals surface area contributed by atoms with Gasteiger partial charge in [-0.25, -0.2) is 22.7 Å². The van der Waals surface area contributed by atoms with Crippen LogP contribution in [-0.2, 0) is 0 Å². The SMILES string of the molecule is Cc1nc2ccnn2c(Cl)c1-c1c(F)cc(F)cc1F. The molecular formula is C13H7ClF3N3. The second-order valence-corrected chi connectivity index (χ2v) is 4.57. The fraction of sp³-hybridized carbons (Fsp3) is 0.0769. The van der Waals surface area contributed by atoms with Crippen LogP contribution in [0, 0.1) is 24.4 Å². The van der Waals surface area contributed by atoms with Crippen molar-refractivity contribution in [3.8, 4) is 11.1 Å². The quantitative estimate of drug-likeness (QED) is 0.640. The van der Waals surface area contributed by atoms with E-state index in [1.807, 2.05) is 0 Å². The van der Waals surface area contributed by atoms with Crippen LogP contribution in [-0.4, -0.2) is 14.6 Å². The Balaban J connectivity index is 2.40. The first-order valence-electron chi connectivity index (χ1n) is 5.64. The summed E-state index contributed by atoms with van der Waals surface area (Å²) in [7, 11) is 0. The summed E-state index contributed by atoms with van der Waals surface area (Å²) in [5.41, 5.74) is 0.420. The molecule has 0 spiro atoms. The molecule has 0 bridgehead atoms. The van der Waals surface area contributed by atoms with Crippen molar-refractivity contribution in [3.05, 3.63) is 52.7 Å². The van der Waals surface area contributed by atoms with Crippen molar-refractivity contribution < 1.29 is 13.2 Å². The number of nitrogens with zero attached hydrogens (tertiary/aromatic N) is 3. The van der Waals surface area contributed by atoms with Gasteiger partial charge in [0.1, 0.15) is 22.6 Å². The fourth-order valence-electron chi connectivity index (χ4n) is 2.08. The first-order chi connectivity index (χ1) is 9.49. The van der Waals surface area contributed by atoms with Crippen molar-refractivity contribution in [1.82, 2.24) is 14.6 Å². The van der Waals surface area contributed by atoms with Crippen LogP contribution in [0.3, 0.4) is 0 Å². The van der Waals surface area contributed by atoms with Gasteiger partial charge in [0.05, 0.1) is 17.5 Å². The molecule has 7 heteroatoms. The van der Waals surface area contributed by atoms with Crippen molar-refractivity contribution in [2.45, 2.75) is 6.92 Å². The molecule has 0 amide bonds. The number of aryl methyl sites for hydroxylation is 1. The van der Waals surface area contributed by atoms with Crippen molar-refractivity contribution in [1.29, 1.82) is 0 Å². The summed E-state index contributed by atoms with van der Waals surface area (Å²) in [5, 5.41) is 3.94. The molecule has 3 nitrogen and oxygen atoms in total. The summed E-state index contributed by atoms with van der Waals surface area (Å²) in [5.74, 6) is -3.08. The van der Waals surface area contributed by atoms with Crippen molar-refractivity contribution in [2.75, 3.05) is 0 Å². The van der Waals surface area contributed by atoms with Gasteiger partial charge in [-0.15, -0.1) is 0 Å². The van der Waals surface area contributed by atoms with Crippen LogP contribution in [0.15, 0.2) is 24.4 Å². The van der Waals surface area contributed by atoms with Crippen LogP contribution in [0.1, 0.15) is 5.69 Å². The van der Waals surface area contributed by atoms with Crippen LogP contribution < -0.4 is 0 Å². The molecule has 0 radical (unpaired) electrons. The minimum Gasteiger partial charge on any atom is -0.233 e. The molecule has 3 rings (SSSR count). The van der Waals surface area contributed by atoms with Gasteiger partial charge in [-0.2, -0.15) is 5.10 Å². The standard InChI is InChI=1S/C13H7ClF3N3/c1-6-11(12-8(16)4-7(15)5-9(12)17)13(14)20-10(19-6)2-3-18-20/h2-5H,1H3. The largest absolute Gasteiger partial charge is 0.233 e. The molecule has 2 heterocycles. The average Bonchev–Trinajstić information content (AvgIpc) is 2.80. The molecule has 0 saturated heterocycles. The van der Waals surface area contributed by atoms with E-state index in [2.05, 4.69) is 10.1 Å². The van der Waals surface area contributed by atoms with E-state index in [4.69, 9.17) is 11.6 Å². The Morgan fingerprint density at radius 2 is 1.75 bits per heavy atom. The van der Waals surface area contributed by atoms with Crippen molar-refractivity contribution in [3.63, 3.8) is 0 Å². The molecule has 0 aliphatic heterocycles. The minimum atomic E-state index is -1.04. The maximum Gasteiger partial charge on any atom is 0.156 e. The molecule has 1 aromatic carbocycles. The van der Waals surface area contributed by atoms with Crippen LogP contribution in [0.25, 0.3) is 16.8 Å². The lowest BCUT2D eigenvalue weighted by atomic mass is 10.0. The predicted octanol–water partition coefficient (Wildman–Crippen LogP) is 3.78. The van der Waals surface area contributed by atoms with Gasteiger partial charge in [0, 0.05) is 23.8 Å². The molecule has 102 valence electrons. The smallest absolute Gasteiger partial charge is 0.156 e. The Kier molecular flexibility index (Phi) is 2.90. The molecule has 0 N–H and O–H groups in total. The molecule has 0 atom stereocenters. The maximum atomic E-state index is 13.9. The van der Waals surface area contributed by atoms with Crippen LogP contribution in [0.2, 0.25) is 5.15 Å². The first kappa shape index (κ1) is 12.9. The Morgan fingerprint density at radius 1 is 1.10 bits per heavy atom. The zero-order chi connectivity index (χ0) is 14.4. The summed E-state index contributed by atoms with van der Waals surface area (Å²) < 4.78 is 42.0. The normalized spacial score (nSPS) is 11.2. The Hall–Kier alpha value is -2.08. The van der Waals surface area contributed by atoms with Crippen molar-refractivity contribution in [2.24, 2.45) is 0 Å². The lowest BCUT2D eigenvalue weighted by molar-refractivity contribution is 0.547. The highest BCUT2D eigenvalue weighted by molar-refractivity contribution is 6.32. The Morgan fingerprint density at radius 3 is 2.40 bits per heavy atom. The third-order valence-corrected chi connectivity index (χ3v) is 3.27. The molecule has 20 heavy (non-hydrogen) atoms.